The van der Waals surface area contributed by atoms with Crippen molar-refractivity contribution < 1.29 is 4.79 Å². The van der Waals surface area contributed by atoms with E-state index in [4.69, 9.17) is 0 Å². The molecule has 0 bridgehead atoms. The summed E-state index contributed by atoms with van der Waals surface area (Å²) in [4.78, 5) is 14.7. The zero-order valence-corrected chi connectivity index (χ0v) is 12.3. The van der Waals surface area contributed by atoms with Gasteiger partial charge in [0.05, 0.1) is 0 Å². The maximum absolute atomic E-state index is 12.3. The zero-order chi connectivity index (χ0) is 14.7. The number of carbonyl (C=O) groups is 1. The van der Waals surface area contributed by atoms with Gasteiger partial charge in [-0.2, -0.15) is 0 Å². The predicted molar refractivity (Wildman–Crippen MR) is 85.4 cm³/mol. The van der Waals surface area contributed by atoms with E-state index in [0.29, 0.717) is 11.6 Å². The number of benzene rings is 2. The van der Waals surface area contributed by atoms with Crippen LogP contribution in [0.3, 0.4) is 0 Å². The Morgan fingerprint density at radius 1 is 1.10 bits per heavy atom. The van der Waals surface area contributed by atoms with Gasteiger partial charge in [0.25, 0.3) is 5.91 Å². The number of anilines is 1. The van der Waals surface area contributed by atoms with Crippen LogP contribution >= 0.6 is 0 Å². The standard InChI is InChI=1S/C18H20N2O/c1-20-13-7-12-17(20)15-10-5-6-11-16(15)19-18(21)14-8-3-2-4-9-14/h2-6,8-11,17H,7,12-13H2,1H3,(H,19,21). The van der Waals surface area contributed by atoms with Crippen LogP contribution in [0.2, 0.25) is 0 Å². The quantitative estimate of drug-likeness (QED) is 0.929. The molecule has 21 heavy (non-hydrogen) atoms. The smallest absolute Gasteiger partial charge is 0.255 e. The van der Waals surface area contributed by atoms with Gasteiger partial charge in [0.2, 0.25) is 0 Å². The van der Waals surface area contributed by atoms with Crippen LogP contribution in [0.1, 0.15) is 34.8 Å². The van der Waals surface area contributed by atoms with Gasteiger partial charge in [-0.1, -0.05) is 36.4 Å². The molecule has 0 aromatic heterocycles. The molecule has 1 aliphatic heterocycles. The van der Waals surface area contributed by atoms with Crippen molar-refractivity contribution in [3.8, 4) is 0 Å². The highest BCUT2D eigenvalue weighted by molar-refractivity contribution is 6.04. The third-order valence-electron chi connectivity index (χ3n) is 4.12. The van der Waals surface area contributed by atoms with Crippen LogP contribution in [0.25, 0.3) is 0 Å². The molecule has 3 nitrogen and oxygen atoms in total. The second-order valence-electron chi connectivity index (χ2n) is 5.55. The van der Waals surface area contributed by atoms with Crippen LogP contribution in [-0.2, 0) is 0 Å². The molecule has 1 atom stereocenters. The maximum atomic E-state index is 12.3. The molecule has 1 N–H and O–H groups in total. The fraction of sp³-hybridized carbons (Fsp3) is 0.278. The lowest BCUT2D eigenvalue weighted by Gasteiger charge is -2.22. The molecular weight excluding hydrogens is 260 g/mol. The lowest BCUT2D eigenvalue weighted by Crippen LogP contribution is -2.20. The van der Waals surface area contributed by atoms with Crippen molar-refractivity contribution in [1.29, 1.82) is 0 Å². The Morgan fingerprint density at radius 3 is 2.52 bits per heavy atom. The summed E-state index contributed by atoms with van der Waals surface area (Å²) in [6.45, 7) is 1.12. The van der Waals surface area contributed by atoms with Crippen LogP contribution in [0.15, 0.2) is 54.6 Å². The van der Waals surface area contributed by atoms with Crippen LogP contribution in [0.5, 0.6) is 0 Å². The Balaban J connectivity index is 1.84. The Labute approximate surface area is 125 Å². The number of amides is 1. The second kappa shape index (κ2) is 6.10. The molecule has 1 heterocycles. The zero-order valence-electron chi connectivity index (χ0n) is 12.3. The number of hydrogen-bond donors (Lipinski definition) is 1. The van der Waals surface area contributed by atoms with Crippen molar-refractivity contribution in [3.05, 3.63) is 65.7 Å². The molecule has 2 aromatic carbocycles. The first-order chi connectivity index (χ1) is 10.3. The number of para-hydroxylation sites is 1. The summed E-state index contributed by atoms with van der Waals surface area (Å²) >= 11 is 0. The molecular formula is C18H20N2O. The monoisotopic (exact) mass is 280 g/mol. The van der Waals surface area contributed by atoms with E-state index in [1.165, 1.54) is 12.0 Å². The molecule has 1 amide bonds. The molecule has 108 valence electrons. The van der Waals surface area contributed by atoms with Gasteiger partial charge < -0.3 is 5.32 Å². The van der Waals surface area contributed by atoms with Crippen molar-refractivity contribution in [1.82, 2.24) is 4.90 Å². The van der Waals surface area contributed by atoms with Gasteiger partial charge in [0.15, 0.2) is 0 Å². The minimum absolute atomic E-state index is 0.0521. The lowest BCUT2D eigenvalue weighted by molar-refractivity contribution is 0.102. The van der Waals surface area contributed by atoms with E-state index in [0.717, 1.165) is 18.7 Å². The first-order valence-corrected chi connectivity index (χ1v) is 7.41. The molecule has 1 fully saturated rings. The molecule has 0 spiro atoms. The molecule has 0 saturated carbocycles. The van der Waals surface area contributed by atoms with E-state index in [9.17, 15) is 4.79 Å². The molecule has 1 saturated heterocycles. The van der Waals surface area contributed by atoms with E-state index in [-0.39, 0.29) is 5.91 Å². The number of nitrogens with zero attached hydrogens (tertiary/aromatic N) is 1. The van der Waals surface area contributed by atoms with E-state index in [1.54, 1.807) is 0 Å². The van der Waals surface area contributed by atoms with Crippen molar-refractivity contribution in [2.24, 2.45) is 0 Å². The summed E-state index contributed by atoms with van der Waals surface area (Å²) in [6.07, 6.45) is 2.36. The highest BCUT2D eigenvalue weighted by Crippen LogP contribution is 2.34. The van der Waals surface area contributed by atoms with Crippen molar-refractivity contribution in [3.63, 3.8) is 0 Å². The topological polar surface area (TPSA) is 32.3 Å². The average molecular weight is 280 g/mol. The summed E-state index contributed by atoms with van der Waals surface area (Å²) in [5.74, 6) is -0.0521. The van der Waals surface area contributed by atoms with Gasteiger partial charge in [-0.25, -0.2) is 0 Å². The average Bonchev–Trinajstić information content (AvgIpc) is 2.95. The third-order valence-corrected chi connectivity index (χ3v) is 4.12. The van der Waals surface area contributed by atoms with Gasteiger partial charge in [-0.15, -0.1) is 0 Å². The van der Waals surface area contributed by atoms with Gasteiger partial charge >= 0.3 is 0 Å². The predicted octanol–water partition coefficient (Wildman–Crippen LogP) is 3.71. The number of nitrogens with one attached hydrogen (secondary N) is 1. The Kier molecular flexibility index (Phi) is 4.02. The highest BCUT2D eigenvalue weighted by atomic mass is 16.1. The van der Waals surface area contributed by atoms with Gasteiger partial charge in [-0.3, -0.25) is 9.69 Å². The van der Waals surface area contributed by atoms with Crippen molar-refractivity contribution in [2.45, 2.75) is 18.9 Å². The van der Waals surface area contributed by atoms with E-state index in [1.807, 2.05) is 48.5 Å². The summed E-state index contributed by atoms with van der Waals surface area (Å²) in [5, 5.41) is 3.06. The Morgan fingerprint density at radius 2 is 1.81 bits per heavy atom. The molecule has 1 aliphatic rings. The van der Waals surface area contributed by atoms with Crippen LogP contribution in [-0.4, -0.2) is 24.4 Å². The SMILES string of the molecule is CN1CCCC1c1ccccc1NC(=O)c1ccccc1. The maximum Gasteiger partial charge on any atom is 0.255 e. The van der Waals surface area contributed by atoms with Gasteiger partial charge in [-0.05, 0) is 50.2 Å². The van der Waals surface area contributed by atoms with Crippen LogP contribution in [0, 0.1) is 0 Å². The Hall–Kier alpha value is -2.13. The Bertz CT molecular complexity index is 624. The van der Waals surface area contributed by atoms with Crippen molar-refractivity contribution in [2.75, 3.05) is 18.9 Å². The number of carbonyl (C=O) groups excluding carboxylic acids is 1. The van der Waals surface area contributed by atoms with E-state index in [2.05, 4.69) is 23.3 Å². The second-order valence-corrected chi connectivity index (χ2v) is 5.55. The molecule has 3 rings (SSSR count). The van der Waals surface area contributed by atoms with Crippen LogP contribution < -0.4 is 5.32 Å². The van der Waals surface area contributed by atoms with Crippen LogP contribution in [0.4, 0.5) is 5.69 Å². The number of hydrogen-bond acceptors (Lipinski definition) is 2. The first-order valence-electron chi connectivity index (χ1n) is 7.41. The number of rotatable bonds is 3. The minimum atomic E-state index is -0.0521. The van der Waals surface area contributed by atoms with Crippen molar-refractivity contribution >= 4 is 11.6 Å². The largest absolute Gasteiger partial charge is 0.322 e. The summed E-state index contributed by atoms with van der Waals surface area (Å²) in [7, 11) is 2.15. The fourth-order valence-corrected chi connectivity index (χ4v) is 2.99. The molecule has 1 unspecified atom stereocenters. The summed E-state index contributed by atoms with van der Waals surface area (Å²) < 4.78 is 0. The lowest BCUT2D eigenvalue weighted by atomic mass is 10.0. The molecule has 0 radical (unpaired) electrons. The summed E-state index contributed by atoms with van der Waals surface area (Å²) in [5.41, 5.74) is 2.82. The van der Waals surface area contributed by atoms with Gasteiger partial charge in [0.1, 0.15) is 0 Å². The molecule has 2 aromatic rings. The number of likely N-dealkylation sites (tertiary alicyclic amines) is 1. The first kappa shape index (κ1) is 13.8. The third kappa shape index (κ3) is 2.98. The normalized spacial score (nSPS) is 18.6. The fourth-order valence-electron chi connectivity index (χ4n) is 2.99. The minimum Gasteiger partial charge on any atom is -0.322 e. The van der Waals surface area contributed by atoms with E-state index >= 15 is 0 Å². The van der Waals surface area contributed by atoms with Gasteiger partial charge in [0, 0.05) is 17.3 Å². The van der Waals surface area contributed by atoms with E-state index < -0.39 is 0 Å². The highest BCUT2D eigenvalue weighted by Gasteiger charge is 2.25. The molecule has 0 aliphatic carbocycles. The molecule has 3 heteroatoms. The summed E-state index contributed by atoms with van der Waals surface area (Å²) in [6, 6.07) is 17.9.